The van der Waals surface area contributed by atoms with Crippen LogP contribution in [-0.2, 0) is 4.79 Å². The predicted molar refractivity (Wildman–Crippen MR) is 85.8 cm³/mol. The quantitative estimate of drug-likeness (QED) is 0.817. The molecule has 0 radical (unpaired) electrons. The number of nitrogens with zero attached hydrogens (tertiary/aromatic N) is 1. The highest BCUT2D eigenvalue weighted by Crippen LogP contribution is 2.31. The SMILES string of the molecule is CC(CN(C(=O)c1cc2ccc(OC(F)(F)F)cc2[nH]1)C1CC1)C(=O)O. The van der Waals surface area contributed by atoms with E-state index >= 15 is 0 Å². The lowest BCUT2D eigenvalue weighted by Crippen LogP contribution is -2.38. The molecular formula is C17H17F3N2O4. The lowest BCUT2D eigenvalue weighted by Gasteiger charge is -2.23. The molecule has 2 aromatic rings. The van der Waals surface area contributed by atoms with Crippen LogP contribution in [-0.4, -0.2) is 45.8 Å². The Bertz CT molecular complexity index is 842. The zero-order chi connectivity index (χ0) is 19.1. The normalized spacial score (nSPS) is 15.7. The molecule has 1 heterocycles. The summed E-state index contributed by atoms with van der Waals surface area (Å²) in [6.45, 7) is 1.60. The van der Waals surface area contributed by atoms with Gasteiger partial charge in [-0.25, -0.2) is 0 Å². The Morgan fingerprint density at radius 3 is 2.62 bits per heavy atom. The largest absolute Gasteiger partial charge is 0.573 e. The third kappa shape index (κ3) is 4.09. The fraction of sp³-hybridized carbons (Fsp3) is 0.412. The van der Waals surface area contributed by atoms with E-state index in [2.05, 4.69) is 9.72 Å². The molecule has 1 atom stereocenters. The van der Waals surface area contributed by atoms with Gasteiger partial charge in [0.15, 0.2) is 0 Å². The third-order valence-corrected chi connectivity index (χ3v) is 4.20. The van der Waals surface area contributed by atoms with Gasteiger partial charge >= 0.3 is 12.3 Å². The third-order valence-electron chi connectivity index (χ3n) is 4.20. The summed E-state index contributed by atoms with van der Waals surface area (Å²) < 4.78 is 40.8. The number of fused-ring (bicyclic) bond motifs is 1. The van der Waals surface area contributed by atoms with Crippen LogP contribution in [0.5, 0.6) is 5.75 Å². The molecule has 140 valence electrons. The van der Waals surface area contributed by atoms with Crippen LogP contribution in [0.1, 0.15) is 30.3 Å². The number of hydrogen-bond acceptors (Lipinski definition) is 3. The van der Waals surface area contributed by atoms with Gasteiger partial charge in [0.25, 0.3) is 5.91 Å². The van der Waals surface area contributed by atoms with Crippen molar-refractivity contribution in [2.24, 2.45) is 5.92 Å². The number of carbonyl (C=O) groups excluding carboxylic acids is 1. The van der Waals surface area contributed by atoms with Crippen molar-refractivity contribution < 1.29 is 32.6 Å². The molecule has 1 aliphatic carbocycles. The van der Waals surface area contributed by atoms with Crippen LogP contribution in [0.25, 0.3) is 10.9 Å². The molecule has 6 nitrogen and oxygen atoms in total. The van der Waals surface area contributed by atoms with Crippen LogP contribution in [0.4, 0.5) is 13.2 Å². The summed E-state index contributed by atoms with van der Waals surface area (Å²) >= 11 is 0. The number of halogens is 3. The standard InChI is InChI=1S/C17H17F3N2O4/c1-9(16(24)25)8-22(11-3-4-11)15(23)14-6-10-2-5-12(7-13(10)21-14)26-17(18,19)20/h2,5-7,9,11,21H,3-4,8H2,1H3,(H,24,25). The van der Waals surface area contributed by atoms with Crippen molar-refractivity contribution in [1.29, 1.82) is 0 Å². The van der Waals surface area contributed by atoms with E-state index in [-0.39, 0.29) is 29.9 Å². The lowest BCUT2D eigenvalue weighted by molar-refractivity contribution is -0.274. The zero-order valence-corrected chi connectivity index (χ0v) is 13.8. The first-order valence-electron chi connectivity index (χ1n) is 8.06. The number of nitrogens with one attached hydrogen (secondary N) is 1. The molecular weight excluding hydrogens is 353 g/mol. The van der Waals surface area contributed by atoms with Gasteiger partial charge in [-0.3, -0.25) is 9.59 Å². The number of alkyl halides is 3. The first kappa shape index (κ1) is 18.1. The molecule has 2 N–H and O–H groups in total. The number of amides is 1. The van der Waals surface area contributed by atoms with Crippen molar-refractivity contribution in [2.75, 3.05) is 6.54 Å². The maximum atomic E-state index is 12.8. The smallest absolute Gasteiger partial charge is 0.481 e. The Kier molecular flexibility index (Phi) is 4.55. The first-order chi connectivity index (χ1) is 12.1. The molecule has 1 amide bonds. The second-order valence-corrected chi connectivity index (χ2v) is 6.41. The molecule has 1 aromatic carbocycles. The topological polar surface area (TPSA) is 82.6 Å². The van der Waals surface area contributed by atoms with Gasteiger partial charge in [0.2, 0.25) is 0 Å². The van der Waals surface area contributed by atoms with Gasteiger partial charge in [-0.15, -0.1) is 13.2 Å². The summed E-state index contributed by atoms with van der Waals surface area (Å²) in [4.78, 5) is 28.1. The van der Waals surface area contributed by atoms with Crippen LogP contribution in [0, 0.1) is 5.92 Å². The van der Waals surface area contributed by atoms with Crippen molar-refractivity contribution in [3.8, 4) is 5.75 Å². The van der Waals surface area contributed by atoms with Crippen molar-refractivity contribution in [3.63, 3.8) is 0 Å². The summed E-state index contributed by atoms with van der Waals surface area (Å²) in [5, 5.41) is 9.63. The molecule has 9 heteroatoms. The number of aromatic amines is 1. The van der Waals surface area contributed by atoms with Crippen LogP contribution in [0.3, 0.4) is 0 Å². The Morgan fingerprint density at radius 1 is 1.35 bits per heavy atom. The summed E-state index contributed by atoms with van der Waals surface area (Å²) in [6, 6.07) is 5.30. The summed E-state index contributed by atoms with van der Waals surface area (Å²) in [5.74, 6) is -2.45. The number of ether oxygens (including phenoxy) is 1. The molecule has 1 aliphatic rings. The first-order valence-corrected chi connectivity index (χ1v) is 8.06. The summed E-state index contributed by atoms with van der Waals surface area (Å²) in [5.41, 5.74) is 0.533. The van der Waals surface area contributed by atoms with Gasteiger partial charge < -0.3 is 19.7 Å². The molecule has 3 rings (SSSR count). The molecule has 1 fully saturated rings. The van der Waals surface area contributed by atoms with Gasteiger partial charge in [-0.2, -0.15) is 0 Å². The number of aromatic nitrogens is 1. The molecule has 0 saturated heterocycles. The van der Waals surface area contributed by atoms with Gasteiger partial charge in [0.05, 0.1) is 5.92 Å². The van der Waals surface area contributed by atoms with Gasteiger partial charge in [0, 0.05) is 29.6 Å². The van der Waals surface area contributed by atoms with E-state index in [0.717, 1.165) is 12.8 Å². The number of hydrogen-bond donors (Lipinski definition) is 2. The minimum atomic E-state index is -4.80. The molecule has 0 aliphatic heterocycles. The minimum Gasteiger partial charge on any atom is -0.481 e. The number of aliphatic carboxylic acids is 1. The minimum absolute atomic E-state index is 0.000152. The Morgan fingerprint density at radius 2 is 2.04 bits per heavy atom. The maximum Gasteiger partial charge on any atom is 0.573 e. The van der Waals surface area contributed by atoms with E-state index < -0.39 is 18.2 Å². The molecule has 0 spiro atoms. The number of benzene rings is 1. The lowest BCUT2D eigenvalue weighted by atomic mass is 10.1. The van der Waals surface area contributed by atoms with Crippen LogP contribution in [0.15, 0.2) is 24.3 Å². The number of H-pyrrole nitrogens is 1. The maximum absolute atomic E-state index is 12.8. The fourth-order valence-electron chi connectivity index (χ4n) is 2.73. The second-order valence-electron chi connectivity index (χ2n) is 6.41. The van der Waals surface area contributed by atoms with Crippen LogP contribution < -0.4 is 4.74 Å². The number of carboxylic acids is 1. The van der Waals surface area contributed by atoms with E-state index in [1.807, 2.05) is 0 Å². The molecule has 0 bridgehead atoms. The second kappa shape index (κ2) is 6.54. The molecule has 26 heavy (non-hydrogen) atoms. The predicted octanol–water partition coefficient (Wildman–Crippen LogP) is 3.39. The van der Waals surface area contributed by atoms with Crippen LogP contribution in [0.2, 0.25) is 0 Å². The zero-order valence-electron chi connectivity index (χ0n) is 13.8. The average molecular weight is 370 g/mol. The number of rotatable bonds is 6. The fourth-order valence-corrected chi connectivity index (χ4v) is 2.73. The highest BCUT2D eigenvalue weighted by Gasteiger charge is 2.35. The van der Waals surface area contributed by atoms with Gasteiger partial charge in [-0.1, -0.05) is 6.92 Å². The number of carbonyl (C=O) groups is 2. The van der Waals surface area contributed by atoms with E-state index in [4.69, 9.17) is 5.11 Å². The van der Waals surface area contributed by atoms with E-state index in [0.29, 0.717) is 10.9 Å². The van der Waals surface area contributed by atoms with E-state index in [1.165, 1.54) is 36.1 Å². The highest BCUT2D eigenvalue weighted by atomic mass is 19.4. The summed E-state index contributed by atoms with van der Waals surface area (Å²) in [7, 11) is 0. The van der Waals surface area contributed by atoms with Crippen LogP contribution >= 0.6 is 0 Å². The highest BCUT2D eigenvalue weighted by molar-refractivity contribution is 5.98. The van der Waals surface area contributed by atoms with Gasteiger partial charge in [0.1, 0.15) is 11.4 Å². The molecule has 1 saturated carbocycles. The van der Waals surface area contributed by atoms with Crippen molar-refractivity contribution >= 4 is 22.8 Å². The van der Waals surface area contributed by atoms with Crippen molar-refractivity contribution in [3.05, 3.63) is 30.0 Å². The Labute approximate surface area is 146 Å². The molecule has 1 aromatic heterocycles. The van der Waals surface area contributed by atoms with Crippen molar-refractivity contribution in [1.82, 2.24) is 9.88 Å². The van der Waals surface area contributed by atoms with Crippen molar-refractivity contribution in [2.45, 2.75) is 32.2 Å². The average Bonchev–Trinajstić information content (AvgIpc) is 3.28. The summed E-state index contributed by atoms with van der Waals surface area (Å²) in [6.07, 6.45) is -3.18. The van der Waals surface area contributed by atoms with E-state index in [9.17, 15) is 22.8 Å². The van der Waals surface area contributed by atoms with E-state index in [1.54, 1.807) is 0 Å². The Hall–Kier alpha value is -2.71. The molecule has 1 unspecified atom stereocenters. The monoisotopic (exact) mass is 370 g/mol. The van der Waals surface area contributed by atoms with Gasteiger partial charge in [-0.05, 0) is 31.0 Å². The Balaban J connectivity index is 1.84. The number of carboxylic acid groups (broad SMARTS) is 1.